The number of halogens is 1. The van der Waals surface area contributed by atoms with Crippen LogP contribution in [0, 0.1) is 0 Å². The Hall–Kier alpha value is -1.11. The predicted octanol–water partition coefficient (Wildman–Crippen LogP) is 2.14. The van der Waals surface area contributed by atoms with E-state index in [0.717, 1.165) is 22.9 Å². The topological polar surface area (TPSA) is 73.6 Å². The van der Waals surface area contributed by atoms with Crippen LogP contribution in [-0.4, -0.2) is 31.8 Å². The van der Waals surface area contributed by atoms with Crippen LogP contribution in [0.15, 0.2) is 22.7 Å². The fraction of sp³-hybridized carbons (Fsp3) is 0.533. The van der Waals surface area contributed by atoms with Crippen LogP contribution < -0.4 is 15.8 Å². The van der Waals surface area contributed by atoms with Gasteiger partial charge < -0.3 is 20.5 Å². The highest BCUT2D eigenvalue weighted by atomic mass is 79.9. The van der Waals surface area contributed by atoms with Crippen molar-refractivity contribution in [2.24, 2.45) is 5.73 Å². The summed E-state index contributed by atoms with van der Waals surface area (Å²) >= 11 is 3.41. The van der Waals surface area contributed by atoms with Gasteiger partial charge in [-0.15, -0.1) is 0 Å². The van der Waals surface area contributed by atoms with Crippen LogP contribution in [0.5, 0.6) is 5.75 Å². The van der Waals surface area contributed by atoms with Crippen molar-refractivity contribution < 1.29 is 14.3 Å². The largest absolute Gasteiger partial charge is 0.483 e. The molecule has 2 rings (SSSR count). The molecule has 1 aliphatic rings. The minimum absolute atomic E-state index is 0.00128. The van der Waals surface area contributed by atoms with Crippen LogP contribution >= 0.6 is 15.9 Å². The molecule has 0 radical (unpaired) electrons. The van der Waals surface area contributed by atoms with Crippen molar-refractivity contribution in [1.29, 1.82) is 0 Å². The van der Waals surface area contributed by atoms with Gasteiger partial charge in [-0.25, -0.2) is 0 Å². The summed E-state index contributed by atoms with van der Waals surface area (Å²) in [5.74, 6) is 0.538. The Labute approximate surface area is 133 Å². The van der Waals surface area contributed by atoms with Gasteiger partial charge in [-0.3, -0.25) is 4.79 Å². The number of carbonyl (C=O) groups is 1. The van der Waals surface area contributed by atoms with Crippen molar-refractivity contribution in [3.63, 3.8) is 0 Å². The quantitative estimate of drug-likeness (QED) is 0.847. The lowest BCUT2D eigenvalue weighted by Crippen LogP contribution is -2.41. The van der Waals surface area contributed by atoms with Gasteiger partial charge in [-0.1, -0.05) is 15.9 Å². The Balaban J connectivity index is 1.88. The lowest BCUT2D eigenvalue weighted by molar-refractivity contribution is -0.124. The molecule has 1 amide bonds. The summed E-state index contributed by atoms with van der Waals surface area (Å²) < 4.78 is 11.8. The first kappa shape index (κ1) is 16.3. The monoisotopic (exact) mass is 356 g/mol. The molecule has 116 valence electrons. The highest BCUT2D eigenvalue weighted by Crippen LogP contribution is 2.27. The lowest BCUT2D eigenvalue weighted by atomic mass is 10.1. The molecule has 6 heteroatoms. The van der Waals surface area contributed by atoms with E-state index in [1.54, 1.807) is 0 Å². The van der Waals surface area contributed by atoms with Crippen LogP contribution in [-0.2, 0) is 9.53 Å². The van der Waals surface area contributed by atoms with Gasteiger partial charge in [0, 0.05) is 35.3 Å². The molecule has 0 unspecified atom stereocenters. The zero-order valence-electron chi connectivity index (χ0n) is 12.1. The Morgan fingerprint density at radius 1 is 1.52 bits per heavy atom. The normalized spacial score (nSPS) is 17.3. The van der Waals surface area contributed by atoms with Crippen LogP contribution in [0.3, 0.4) is 0 Å². The van der Waals surface area contributed by atoms with Gasteiger partial charge in [0.1, 0.15) is 5.75 Å². The third-order valence-electron chi connectivity index (χ3n) is 3.41. The molecule has 0 saturated carbocycles. The molecule has 0 bridgehead atoms. The molecule has 1 aliphatic heterocycles. The molecule has 1 aromatic rings. The van der Waals surface area contributed by atoms with E-state index in [-0.39, 0.29) is 24.6 Å². The van der Waals surface area contributed by atoms with E-state index in [1.165, 1.54) is 0 Å². The Kier molecular flexibility index (Phi) is 6.02. The molecule has 1 heterocycles. The summed E-state index contributed by atoms with van der Waals surface area (Å²) in [6.45, 7) is 3.29. The van der Waals surface area contributed by atoms with Crippen molar-refractivity contribution in [2.75, 3.05) is 19.8 Å². The molecule has 0 aromatic heterocycles. The second-order valence-electron chi connectivity index (χ2n) is 5.21. The van der Waals surface area contributed by atoms with Crippen LogP contribution in [0.4, 0.5) is 0 Å². The van der Waals surface area contributed by atoms with E-state index in [9.17, 15) is 4.79 Å². The minimum atomic E-state index is -0.156. The van der Waals surface area contributed by atoms with Gasteiger partial charge in [-0.05, 0) is 38.0 Å². The molecular formula is C15H21BrN2O3. The van der Waals surface area contributed by atoms with Gasteiger partial charge in [0.2, 0.25) is 0 Å². The molecule has 1 aromatic carbocycles. The number of amides is 1. The zero-order chi connectivity index (χ0) is 15.2. The van der Waals surface area contributed by atoms with E-state index >= 15 is 0 Å². The summed E-state index contributed by atoms with van der Waals surface area (Å²) in [6, 6.07) is 5.64. The van der Waals surface area contributed by atoms with Gasteiger partial charge in [0.15, 0.2) is 6.61 Å². The van der Waals surface area contributed by atoms with Crippen LogP contribution in [0.25, 0.3) is 0 Å². The van der Waals surface area contributed by atoms with E-state index in [2.05, 4.69) is 21.2 Å². The van der Waals surface area contributed by atoms with E-state index in [4.69, 9.17) is 15.2 Å². The maximum atomic E-state index is 11.9. The number of hydrogen-bond donors (Lipinski definition) is 2. The number of nitrogens with one attached hydrogen (secondary N) is 1. The van der Waals surface area contributed by atoms with Crippen molar-refractivity contribution in [3.05, 3.63) is 28.2 Å². The molecule has 1 fully saturated rings. The maximum absolute atomic E-state index is 11.9. The first-order valence-corrected chi connectivity index (χ1v) is 7.90. The second kappa shape index (κ2) is 7.77. The van der Waals surface area contributed by atoms with Crippen LogP contribution in [0.1, 0.15) is 31.4 Å². The van der Waals surface area contributed by atoms with Crippen molar-refractivity contribution in [2.45, 2.75) is 31.8 Å². The standard InChI is InChI=1S/C15H21BrN2O3/c1-10(17)13-8-11(16)2-3-14(13)21-9-15(19)18-12-4-6-20-7-5-12/h2-3,8,10,12H,4-7,9,17H2,1H3,(H,18,19)/t10-/m0/s1. The fourth-order valence-corrected chi connectivity index (χ4v) is 2.64. The molecule has 1 atom stereocenters. The molecular weight excluding hydrogens is 336 g/mol. The van der Waals surface area contributed by atoms with Gasteiger partial charge in [0.05, 0.1) is 0 Å². The molecule has 0 spiro atoms. The smallest absolute Gasteiger partial charge is 0.258 e. The second-order valence-corrected chi connectivity index (χ2v) is 6.13. The molecule has 3 N–H and O–H groups in total. The fourth-order valence-electron chi connectivity index (χ4n) is 2.26. The Morgan fingerprint density at radius 3 is 2.90 bits per heavy atom. The average molecular weight is 357 g/mol. The Morgan fingerprint density at radius 2 is 2.24 bits per heavy atom. The van der Waals surface area contributed by atoms with Crippen LogP contribution in [0.2, 0.25) is 0 Å². The SMILES string of the molecule is C[C@H](N)c1cc(Br)ccc1OCC(=O)NC1CCOCC1. The molecule has 5 nitrogen and oxygen atoms in total. The van der Waals surface area contributed by atoms with E-state index in [0.29, 0.717) is 19.0 Å². The number of ether oxygens (including phenoxy) is 2. The lowest BCUT2D eigenvalue weighted by Gasteiger charge is -2.23. The number of rotatable bonds is 5. The first-order valence-electron chi connectivity index (χ1n) is 7.11. The van der Waals surface area contributed by atoms with Crippen molar-refractivity contribution in [1.82, 2.24) is 5.32 Å². The Bertz CT molecular complexity index is 488. The predicted molar refractivity (Wildman–Crippen MR) is 84.2 cm³/mol. The van der Waals surface area contributed by atoms with Gasteiger partial charge >= 0.3 is 0 Å². The summed E-state index contributed by atoms with van der Waals surface area (Å²) in [7, 11) is 0. The first-order chi connectivity index (χ1) is 10.1. The molecule has 1 saturated heterocycles. The highest BCUT2D eigenvalue weighted by Gasteiger charge is 2.17. The maximum Gasteiger partial charge on any atom is 0.258 e. The zero-order valence-corrected chi connectivity index (χ0v) is 13.7. The number of carbonyl (C=O) groups excluding carboxylic acids is 1. The third-order valence-corrected chi connectivity index (χ3v) is 3.90. The average Bonchev–Trinajstić information content (AvgIpc) is 2.47. The van der Waals surface area contributed by atoms with Crippen molar-refractivity contribution >= 4 is 21.8 Å². The molecule has 21 heavy (non-hydrogen) atoms. The number of nitrogens with two attached hydrogens (primary N) is 1. The van der Waals surface area contributed by atoms with Crippen molar-refractivity contribution in [3.8, 4) is 5.75 Å². The number of hydrogen-bond acceptors (Lipinski definition) is 4. The minimum Gasteiger partial charge on any atom is -0.483 e. The highest BCUT2D eigenvalue weighted by molar-refractivity contribution is 9.10. The summed E-state index contributed by atoms with van der Waals surface area (Å²) in [5.41, 5.74) is 6.80. The van der Waals surface area contributed by atoms with Gasteiger partial charge in [0.25, 0.3) is 5.91 Å². The summed E-state index contributed by atoms with van der Waals surface area (Å²) in [4.78, 5) is 11.9. The summed E-state index contributed by atoms with van der Waals surface area (Å²) in [5, 5.41) is 2.96. The van der Waals surface area contributed by atoms with E-state index < -0.39 is 0 Å². The van der Waals surface area contributed by atoms with Gasteiger partial charge in [-0.2, -0.15) is 0 Å². The number of benzene rings is 1. The molecule has 0 aliphatic carbocycles. The van der Waals surface area contributed by atoms with E-state index in [1.807, 2.05) is 25.1 Å². The third kappa shape index (κ3) is 4.98. The summed E-state index contributed by atoms with van der Waals surface area (Å²) in [6.07, 6.45) is 1.71.